The molecule has 11 nitrogen and oxygen atoms in total. The highest BCUT2D eigenvalue weighted by molar-refractivity contribution is 5.67. The van der Waals surface area contributed by atoms with Crippen molar-refractivity contribution in [2.75, 3.05) is 19.8 Å². The molecule has 0 aliphatic heterocycles. The molecule has 0 spiro atoms. The molecule has 0 heterocycles. The van der Waals surface area contributed by atoms with E-state index in [1.54, 1.807) is 13.0 Å². The maximum atomic E-state index is 12.2. The number of ether oxygens (including phenoxy) is 3. The van der Waals surface area contributed by atoms with Gasteiger partial charge in [0.2, 0.25) is 6.08 Å². The number of aliphatic imine (C=N–C) groups is 1. The van der Waals surface area contributed by atoms with Crippen LogP contribution in [-0.2, 0) is 19.0 Å². The number of nitrogens with two attached hydrogens (primary N) is 2. The largest absolute Gasteiger partial charge is 0.449 e. The second-order valence-electron chi connectivity index (χ2n) is 7.06. The summed E-state index contributed by atoms with van der Waals surface area (Å²) in [5.41, 5.74) is 9.00. The van der Waals surface area contributed by atoms with Gasteiger partial charge in [0.1, 0.15) is 19.8 Å². The van der Waals surface area contributed by atoms with Crippen LogP contribution in [-0.4, -0.2) is 56.3 Å². The molecule has 0 bridgehead atoms. The van der Waals surface area contributed by atoms with E-state index in [4.69, 9.17) is 25.7 Å². The van der Waals surface area contributed by atoms with Gasteiger partial charge in [0.05, 0.1) is 11.5 Å². The predicted molar refractivity (Wildman–Crippen MR) is 97.0 cm³/mol. The van der Waals surface area contributed by atoms with Gasteiger partial charge in [-0.15, -0.1) is 0 Å². The Hall–Kier alpha value is -2.81. The van der Waals surface area contributed by atoms with Gasteiger partial charge in [0.25, 0.3) is 0 Å². The molecule has 1 fully saturated rings. The normalized spacial score (nSPS) is 21.7. The number of amides is 3. The number of rotatable bonds is 9. The number of nitrogens with one attached hydrogen (secondary N) is 1. The van der Waals surface area contributed by atoms with E-state index in [0.29, 0.717) is 12.8 Å². The first-order valence-corrected chi connectivity index (χ1v) is 9.06. The summed E-state index contributed by atoms with van der Waals surface area (Å²) >= 11 is 0. The van der Waals surface area contributed by atoms with Crippen LogP contribution in [0.15, 0.2) is 4.99 Å². The van der Waals surface area contributed by atoms with Gasteiger partial charge >= 0.3 is 18.3 Å². The van der Waals surface area contributed by atoms with Crippen LogP contribution in [0.25, 0.3) is 0 Å². The summed E-state index contributed by atoms with van der Waals surface area (Å²) in [6.07, 6.45) is 1.30. The average Bonchev–Trinajstić information content (AvgIpc) is 2.64. The summed E-state index contributed by atoms with van der Waals surface area (Å²) in [6.45, 7) is 3.13. The number of alkyl carbamates (subject to hydrolysis) is 1. The zero-order chi connectivity index (χ0) is 21.2. The highest BCUT2D eigenvalue weighted by Gasteiger charge is 2.35. The van der Waals surface area contributed by atoms with Crippen molar-refractivity contribution in [3.05, 3.63) is 0 Å². The summed E-state index contributed by atoms with van der Waals surface area (Å²) in [4.78, 5) is 48.3. The van der Waals surface area contributed by atoms with Gasteiger partial charge in [-0.1, -0.05) is 13.8 Å². The lowest BCUT2D eigenvalue weighted by molar-refractivity contribution is -0.0152. The number of carbonyl (C=O) groups is 3. The van der Waals surface area contributed by atoms with Crippen LogP contribution in [0.2, 0.25) is 0 Å². The molecule has 0 aromatic rings. The second-order valence-corrected chi connectivity index (χ2v) is 7.06. The van der Waals surface area contributed by atoms with E-state index in [1.807, 2.05) is 6.92 Å². The van der Waals surface area contributed by atoms with Gasteiger partial charge in [0.15, 0.2) is 0 Å². The number of primary amides is 2. The van der Waals surface area contributed by atoms with Crippen molar-refractivity contribution in [3.8, 4) is 0 Å². The fourth-order valence-corrected chi connectivity index (χ4v) is 2.98. The first-order valence-electron chi connectivity index (χ1n) is 9.06. The van der Waals surface area contributed by atoms with Crippen molar-refractivity contribution >= 4 is 24.4 Å². The fourth-order valence-electron chi connectivity index (χ4n) is 2.98. The van der Waals surface area contributed by atoms with Gasteiger partial charge in [-0.2, -0.15) is 0 Å². The zero-order valence-electron chi connectivity index (χ0n) is 16.1. The van der Waals surface area contributed by atoms with E-state index in [2.05, 4.69) is 10.3 Å². The molecule has 3 amide bonds. The molecule has 1 saturated carbocycles. The summed E-state index contributed by atoms with van der Waals surface area (Å²) in [7, 11) is 0. The Balaban J connectivity index is 2.64. The van der Waals surface area contributed by atoms with Crippen molar-refractivity contribution in [1.29, 1.82) is 0 Å². The summed E-state index contributed by atoms with van der Waals surface area (Å²) in [5, 5.41) is 2.74. The number of isocyanates is 1. The summed E-state index contributed by atoms with van der Waals surface area (Å²) in [6, 6.07) is -0.384. The number of carbonyl (C=O) groups excluding carboxylic acids is 4. The Kier molecular flexibility index (Phi) is 9.23. The smallest absolute Gasteiger partial charge is 0.407 e. The van der Waals surface area contributed by atoms with Gasteiger partial charge in [-0.3, -0.25) is 0 Å². The third-order valence-electron chi connectivity index (χ3n) is 4.99. The maximum absolute atomic E-state index is 12.2. The molecule has 0 aromatic heterocycles. The number of nitrogens with zero attached hydrogens (tertiary/aromatic N) is 1. The molecule has 3 atom stereocenters. The van der Waals surface area contributed by atoms with Crippen LogP contribution in [0.1, 0.15) is 39.5 Å². The Bertz CT molecular complexity index is 588. The molecule has 0 saturated heterocycles. The Morgan fingerprint density at radius 1 is 1.11 bits per heavy atom. The van der Waals surface area contributed by atoms with Crippen molar-refractivity contribution in [2.45, 2.75) is 51.6 Å². The average molecular weight is 400 g/mol. The molecule has 1 rings (SSSR count). The molecular formula is C17H28N4O7. The van der Waals surface area contributed by atoms with Gasteiger partial charge in [-0.05, 0) is 31.6 Å². The first-order chi connectivity index (χ1) is 13.2. The third-order valence-corrected chi connectivity index (χ3v) is 4.99. The lowest BCUT2D eigenvalue weighted by atomic mass is 9.83. The molecule has 1 aliphatic carbocycles. The topological polar surface area (TPSA) is 172 Å². The molecule has 0 radical (unpaired) electrons. The van der Waals surface area contributed by atoms with Crippen LogP contribution < -0.4 is 16.8 Å². The van der Waals surface area contributed by atoms with Crippen LogP contribution in [0.3, 0.4) is 0 Å². The molecular weight excluding hydrogens is 372 g/mol. The third kappa shape index (κ3) is 7.83. The quantitative estimate of drug-likeness (QED) is 0.296. The van der Waals surface area contributed by atoms with Crippen molar-refractivity contribution in [1.82, 2.24) is 5.32 Å². The summed E-state index contributed by atoms with van der Waals surface area (Å²) in [5.74, 6) is 0.236. The van der Waals surface area contributed by atoms with Crippen LogP contribution in [0.4, 0.5) is 14.4 Å². The van der Waals surface area contributed by atoms with Crippen molar-refractivity contribution < 1.29 is 33.4 Å². The van der Waals surface area contributed by atoms with Crippen LogP contribution in [0, 0.1) is 11.3 Å². The standard InChI is InChI=1S/C17H28N4O7/c1-3-17(7-26-14(18)23,8-27-15(19)24)9-28-16(25)21-12-5-4-11(2)13(6-12)20-10-22/h11-13H,3-9H2,1-2H3,(H2,18,23)(H2,19,24)(H,21,25). The van der Waals surface area contributed by atoms with Crippen molar-refractivity contribution in [3.63, 3.8) is 0 Å². The number of hydrogen-bond donors (Lipinski definition) is 3. The van der Waals surface area contributed by atoms with E-state index < -0.39 is 23.7 Å². The van der Waals surface area contributed by atoms with Gasteiger partial charge < -0.3 is 31.0 Å². The maximum Gasteiger partial charge on any atom is 0.407 e. The monoisotopic (exact) mass is 400 g/mol. The Morgan fingerprint density at radius 3 is 2.18 bits per heavy atom. The molecule has 28 heavy (non-hydrogen) atoms. The first kappa shape index (κ1) is 23.2. The molecule has 3 unspecified atom stereocenters. The zero-order valence-corrected chi connectivity index (χ0v) is 16.1. The molecule has 11 heteroatoms. The van der Waals surface area contributed by atoms with E-state index in [-0.39, 0.29) is 37.8 Å². The minimum absolute atomic E-state index is 0.186. The second kappa shape index (κ2) is 11.1. The number of hydrogen-bond acceptors (Lipinski definition) is 8. The van der Waals surface area contributed by atoms with Crippen LogP contribution in [0.5, 0.6) is 0 Å². The summed E-state index contributed by atoms with van der Waals surface area (Å²) < 4.78 is 14.9. The minimum Gasteiger partial charge on any atom is -0.449 e. The molecule has 158 valence electrons. The van der Waals surface area contributed by atoms with E-state index in [1.165, 1.54) is 0 Å². The van der Waals surface area contributed by atoms with E-state index in [9.17, 15) is 19.2 Å². The lowest BCUT2D eigenvalue weighted by Crippen LogP contribution is -2.45. The fraction of sp³-hybridized carbons (Fsp3) is 0.765. The predicted octanol–water partition coefficient (Wildman–Crippen LogP) is 1.19. The molecule has 0 aromatic carbocycles. The highest BCUT2D eigenvalue weighted by atomic mass is 16.6. The molecule has 1 aliphatic rings. The van der Waals surface area contributed by atoms with Crippen LogP contribution >= 0.6 is 0 Å². The van der Waals surface area contributed by atoms with Crippen molar-refractivity contribution in [2.24, 2.45) is 27.8 Å². The lowest BCUT2D eigenvalue weighted by Gasteiger charge is -2.33. The Morgan fingerprint density at radius 2 is 1.68 bits per heavy atom. The van der Waals surface area contributed by atoms with Gasteiger partial charge in [-0.25, -0.2) is 24.2 Å². The SMILES string of the molecule is CCC(COC(N)=O)(COC(N)=O)COC(=O)NC1CCC(C)C(N=C=O)C1. The minimum atomic E-state index is -1.00. The Labute approximate surface area is 163 Å². The van der Waals surface area contributed by atoms with Gasteiger partial charge in [0, 0.05) is 6.04 Å². The van der Waals surface area contributed by atoms with E-state index >= 15 is 0 Å². The van der Waals surface area contributed by atoms with E-state index in [0.717, 1.165) is 12.8 Å². The molecule has 5 N–H and O–H groups in total. The highest BCUT2D eigenvalue weighted by Crippen LogP contribution is 2.27.